The molecule has 1 aromatic rings. The average Bonchev–Trinajstić information content (AvgIpc) is 2.35. The van der Waals surface area contributed by atoms with Crippen molar-refractivity contribution < 1.29 is 9.47 Å². The van der Waals surface area contributed by atoms with Gasteiger partial charge in [-0.3, -0.25) is 0 Å². The van der Waals surface area contributed by atoms with E-state index in [1.807, 2.05) is 18.2 Å². The van der Waals surface area contributed by atoms with Crippen molar-refractivity contribution in [2.75, 3.05) is 32.8 Å². The second-order valence-electron chi connectivity index (χ2n) is 3.66. The molecule has 0 saturated carbocycles. The fourth-order valence-corrected chi connectivity index (χ4v) is 1.86. The molecular formula is C13H19ClO2. The molecule has 0 heterocycles. The van der Waals surface area contributed by atoms with Gasteiger partial charge in [0.15, 0.2) is 0 Å². The lowest BCUT2D eigenvalue weighted by molar-refractivity contribution is 0.0676. The minimum atomic E-state index is 0.380. The highest BCUT2D eigenvalue weighted by atomic mass is 35.5. The summed E-state index contributed by atoms with van der Waals surface area (Å²) in [5.41, 5.74) is 1.29. The molecule has 16 heavy (non-hydrogen) atoms. The molecule has 2 nitrogen and oxygen atoms in total. The molecule has 0 radical (unpaired) electrons. The van der Waals surface area contributed by atoms with Gasteiger partial charge in [0.2, 0.25) is 0 Å². The number of hydrogen-bond donors (Lipinski definition) is 0. The summed E-state index contributed by atoms with van der Waals surface area (Å²) < 4.78 is 10.4. The minimum Gasteiger partial charge on any atom is -0.382 e. The third-order valence-electron chi connectivity index (χ3n) is 2.50. The van der Waals surface area contributed by atoms with E-state index in [0.717, 1.165) is 13.0 Å². The number of benzene rings is 1. The smallest absolute Gasteiger partial charge is 0.0700 e. The highest BCUT2D eigenvalue weighted by Gasteiger charge is 2.09. The normalized spacial score (nSPS) is 12.6. The maximum Gasteiger partial charge on any atom is 0.0700 e. The molecule has 0 aliphatic heterocycles. The molecule has 1 unspecified atom stereocenters. The Kier molecular flexibility index (Phi) is 7.23. The molecule has 0 N–H and O–H groups in total. The average molecular weight is 243 g/mol. The van der Waals surface area contributed by atoms with E-state index in [-0.39, 0.29) is 0 Å². The van der Waals surface area contributed by atoms with E-state index in [1.165, 1.54) is 5.56 Å². The molecule has 0 aromatic heterocycles. The molecule has 0 aliphatic rings. The van der Waals surface area contributed by atoms with Crippen LogP contribution in [0.5, 0.6) is 0 Å². The fourth-order valence-electron chi connectivity index (χ4n) is 1.53. The molecule has 0 amide bonds. The molecule has 1 rings (SSSR count). The number of methoxy groups -OCH3 is 1. The van der Waals surface area contributed by atoms with Crippen LogP contribution in [0.4, 0.5) is 0 Å². The maximum atomic E-state index is 5.96. The summed E-state index contributed by atoms with van der Waals surface area (Å²) in [6.07, 6.45) is 0.956. The highest BCUT2D eigenvalue weighted by Crippen LogP contribution is 2.20. The first-order chi connectivity index (χ1) is 7.88. The van der Waals surface area contributed by atoms with Crippen molar-refractivity contribution in [2.45, 2.75) is 12.3 Å². The van der Waals surface area contributed by atoms with Gasteiger partial charge >= 0.3 is 0 Å². The quantitative estimate of drug-likeness (QED) is 0.515. The molecule has 90 valence electrons. The van der Waals surface area contributed by atoms with Crippen molar-refractivity contribution in [1.82, 2.24) is 0 Å². The molecule has 0 bridgehead atoms. The van der Waals surface area contributed by atoms with Crippen LogP contribution in [-0.2, 0) is 9.47 Å². The van der Waals surface area contributed by atoms with Crippen LogP contribution in [0.3, 0.4) is 0 Å². The minimum absolute atomic E-state index is 0.380. The zero-order valence-corrected chi connectivity index (χ0v) is 10.5. The summed E-state index contributed by atoms with van der Waals surface area (Å²) in [4.78, 5) is 0. The Morgan fingerprint density at radius 3 is 2.50 bits per heavy atom. The topological polar surface area (TPSA) is 18.5 Å². The van der Waals surface area contributed by atoms with Crippen molar-refractivity contribution >= 4 is 11.6 Å². The monoisotopic (exact) mass is 242 g/mol. The van der Waals surface area contributed by atoms with Gasteiger partial charge in [0.25, 0.3) is 0 Å². The maximum absolute atomic E-state index is 5.96. The molecule has 1 aromatic carbocycles. The second-order valence-corrected chi connectivity index (χ2v) is 3.96. The molecule has 1 atom stereocenters. The van der Waals surface area contributed by atoms with Crippen molar-refractivity contribution in [2.24, 2.45) is 0 Å². The zero-order chi connectivity index (χ0) is 11.6. The lowest BCUT2D eigenvalue weighted by Crippen LogP contribution is -2.08. The number of rotatable bonds is 8. The summed E-state index contributed by atoms with van der Waals surface area (Å²) in [6, 6.07) is 10.3. The molecule has 0 spiro atoms. The van der Waals surface area contributed by atoms with E-state index in [9.17, 15) is 0 Å². The van der Waals surface area contributed by atoms with Crippen molar-refractivity contribution in [1.29, 1.82) is 0 Å². The van der Waals surface area contributed by atoms with Gasteiger partial charge in [0.1, 0.15) is 0 Å². The summed E-state index contributed by atoms with van der Waals surface area (Å²) in [5, 5.41) is 0. The van der Waals surface area contributed by atoms with Crippen LogP contribution in [0.1, 0.15) is 17.9 Å². The van der Waals surface area contributed by atoms with E-state index < -0.39 is 0 Å². The van der Waals surface area contributed by atoms with E-state index in [1.54, 1.807) is 7.11 Å². The molecular weight excluding hydrogens is 224 g/mol. The van der Waals surface area contributed by atoms with Gasteiger partial charge in [-0.25, -0.2) is 0 Å². The molecule has 0 saturated heterocycles. The van der Waals surface area contributed by atoms with Gasteiger partial charge in [-0.05, 0) is 17.9 Å². The van der Waals surface area contributed by atoms with Gasteiger partial charge in [-0.1, -0.05) is 30.3 Å². The number of hydrogen-bond acceptors (Lipinski definition) is 2. The predicted octanol–water partition coefficient (Wildman–Crippen LogP) is 3.06. The van der Waals surface area contributed by atoms with Crippen molar-refractivity contribution in [3.05, 3.63) is 35.9 Å². The van der Waals surface area contributed by atoms with Crippen LogP contribution >= 0.6 is 11.6 Å². The summed E-state index contributed by atoms with van der Waals surface area (Å²) in [7, 11) is 1.68. The van der Waals surface area contributed by atoms with Crippen LogP contribution in [0.2, 0.25) is 0 Å². The second kappa shape index (κ2) is 8.57. The van der Waals surface area contributed by atoms with Gasteiger partial charge in [0.05, 0.1) is 13.2 Å². The molecule has 0 aliphatic carbocycles. The van der Waals surface area contributed by atoms with Gasteiger partial charge in [0, 0.05) is 19.6 Å². The summed E-state index contributed by atoms with van der Waals surface area (Å²) in [6.45, 7) is 2.03. The Bertz CT molecular complexity index is 264. The van der Waals surface area contributed by atoms with Gasteiger partial charge < -0.3 is 9.47 Å². The predicted molar refractivity (Wildman–Crippen MR) is 67.2 cm³/mol. The van der Waals surface area contributed by atoms with Crippen LogP contribution in [0, 0.1) is 0 Å². The summed E-state index contributed by atoms with van der Waals surface area (Å²) >= 11 is 5.96. The third-order valence-corrected chi connectivity index (χ3v) is 2.87. The Morgan fingerprint density at radius 1 is 1.12 bits per heavy atom. The van der Waals surface area contributed by atoms with Crippen LogP contribution in [0.15, 0.2) is 30.3 Å². The number of halogens is 1. The lowest BCUT2D eigenvalue weighted by atomic mass is 9.98. The first-order valence-electron chi connectivity index (χ1n) is 5.56. The lowest BCUT2D eigenvalue weighted by Gasteiger charge is -2.14. The van der Waals surface area contributed by atoms with Gasteiger partial charge in [-0.15, -0.1) is 11.6 Å². The first kappa shape index (κ1) is 13.5. The van der Waals surface area contributed by atoms with Gasteiger partial charge in [-0.2, -0.15) is 0 Å². The zero-order valence-electron chi connectivity index (χ0n) is 9.69. The standard InChI is InChI=1S/C13H19ClO2/c1-15-9-10-16-8-7-13(11-14)12-5-3-2-4-6-12/h2-6,13H,7-11H2,1H3. The molecule has 3 heteroatoms. The highest BCUT2D eigenvalue weighted by molar-refractivity contribution is 6.18. The van der Waals surface area contributed by atoms with E-state index in [4.69, 9.17) is 21.1 Å². The molecule has 0 fully saturated rings. The van der Waals surface area contributed by atoms with Crippen LogP contribution in [-0.4, -0.2) is 32.8 Å². The summed E-state index contributed by atoms with van der Waals surface area (Å²) in [5.74, 6) is 1.02. The van der Waals surface area contributed by atoms with E-state index >= 15 is 0 Å². The SMILES string of the molecule is COCCOCCC(CCl)c1ccccc1. The Labute approximate surface area is 103 Å². The van der Waals surface area contributed by atoms with Crippen LogP contribution in [0.25, 0.3) is 0 Å². The Morgan fingerprint density at radius 2 is 1.88 bits per heavy atom. The first-order valence-corrected chi connectivity index (χ1v) is 6.09. The van der Waals surface area contributed by atoms with Crippen molar-refractivity contribution in [3.63, 3.8) is 0 Å². The third kappa shape index (κ3) is 4.97. The van der Waals surface area contributed by atoms with Crippen LogP contribution < -0.4 is 0 Å². The largest absolute Gasteiger partial charge is 0.382 e. The number of ether oxygens (including phenoxy) is 2. The van der Waals surface area contributed by atoms with Crippen molar-refractivity contribution in [3.8, 4) is 0 Å². The fraction of sp³-hybridized carbons (Fsp3) is 0.538. The number of alkyl halides is 1. The van der Waals surface area contributed by atoms with E-state index in [2.05, 4.69) is 12.1 Å². The Balaban J connectivity index is 2.27. The van der Waals surface area contributed by atoms with E-state index in [0.29, 0.717) is 25.0 Å². The Hall–Kier alpha value is -0.570.